The highest BCUT2D eigenvalue weighted by Gasteiger charge is 2.35. The molecule has 1 aromatic heterocycles. The molecule has 3 heterocycles. The van der Waals surface area contributed by atoms with Crippen LogP contribution in [0.15, 0.2) is 5.38 Å². The van der Waals surface area contributed by atoms with E-state index in [4.69, 9.17) is 0 Å². The number of carbonyl (C=O) groups is 2. The molecule has 1 N–H and O–H groups in total. The van der Waals surface area contributed by atoms with Crippen molar-refractivity contribution in [2.24, 2.45) is 5.92 Å². The van der Waals surface area contributed by atoms with Crippen LogP contribution in [0, 0.1) is 5.92 Å². The second-order valence-electron chi connectivity index (χ2n) is 7.02. The molecule has 2 saturated heterocycles. The zero-order chi connectivity index (χ0) is 16.5. The standard InChI is InChI=1S/C17H24N4O2S/c22-15(20-8-3-5-12-4-1-2-6-14(12)20)10-13-11-24-17(19-13)21-9-7-18-16(21)23/h11-12,14H,1-10H2,(H,18,23)/t12-,14-/m1/s1. The van der Waals surface area contributed by atoms with E-state index in [1.807, 2.05) is 5.38 Å². The first-order valence-electron chi connectivity index (χ1n) is 9.01. The number of likely N-dealkylation sites (tertiary alicyclic amines) is 1. The van der Waals surface area contributed by atoms with E-state index in [0.29, 0.717) is 36.6 Å². The van der Waals surface area contributed by atoms with Gasteiger partial charge in [-0.05, 0) is 31.6 Å². The molecule has 1 aromatic rings. The van der Waals surface area contributed by atoms with Crippen LogP contribution in [-0.2, 0) is 11.2 Å². The van der Waals surface area contributed by atoms with Crippen LogP contribution in [0.25, 0.3) is 0 Å². The Hall–Kier alpha value is -1.63. The van der Waals surface area contributed by atoms with Gasteiger partial charge in [0.1, 0.15) is 0 Å². The first kappa shape index (κ1) is 15.9. The summed E-state index contributed by atoms with van der Waals surface area (Å²) in [5.74, 6) is 0.907. The number of nitrogens with zero attached hydrogens (tertiary/aromatic N) is 3. The van der Waals surface area contributed by atoms with Gasteiger partial charge in [-0.3, -0.25) is 9.69 Å². The Kier molecular flexibility index (Phi) is 4.43. The predicted octanol–water partition coefficient (Wildman–Crippen LogP) is 2.40. The van der Waals surface area contributed by atoms with Gasteiger partial charge in [0.15, 0.2) is 5.13 Å². The lowest BCUT2D eigenvalue weighted by atomic mass is 9.78. The fourth-order valence-electron chi connectivity index (χ4n) is 4.35. The van der Waals surface area contributed by atoms with Crippen molar-refractivity contribution in [3.05, 3.63) is 11.1 Å². The summed E-state index contributed by atoms with van der Waals surface area (Å²) in [6.45, 7) is 2.20. The van der Waals surface area contributed by atoms with Gasteiger partial charge in [-0.25, -0.2) is 9.78 Å². The van der Waals surface area contributed by atoms with Crippen LogP contribution in [-0.4, -0.2) is 47.5 Å². The van der Waals surface area contributed by atoms with Gasteiger partial charge in [0.2, 0.25) is 5.91 Å². The molecule has 0 unspecified atom stereocenters. The molecule has 6 nitrogen and oxygen atoms in total. The Morgan fingerprint density at radius 3 is 2.92 bits per heavy atom. The molecule has 2 aliphatic heterocycles. The molecule has 24 heavy (non-hydrogen) atoms. The van der Waals surface area contributed by atoms with E-state index in [0.717, 1.165) is 25.1 Å². The number of urea groups is 1. The third-order valence-corrected chi connectivity index (χ3v) is 6.44. The molecule has 3 aliphatic rings. The van der Waals surface area contributed by atoms with Crippen LogP contribution in [0.4, 0.5) is 9.93 Å². The fourth-order valence-corrected chi connectivity index (χ4v) is 5.20. The van der Waals surface area contributed by atoms with Gasteiger partial charge in [0, 0.05) is 31.1 Å². The van der Waals surface area contributed by atoms with Crippen LogP contribution in [0.3, 0.4) is 0 Å². The molecule has 0 radical (unpaired) electrons. The highest BCUT2D eigenvalue weighted by molar-refractivity contribution is 7.14. The molecule has 3 amide bonds. The molecule has 1 saturated carbocycles. The summed E-state index contributed by atoms with van der Waals surface area (Å²) in [5, 5.41) is 5.39. The maximum atomic E-state index is 12.8. The molecule has 1 aliphatic carbocycles. The molecule has 130 valence electrons. The lowest BCUT2D eigenvalue weighted by molar-refractivity contribution is -0.136. The number of amides is 3. The average molecular weight is 348 g/mol. The van der Waals surface area contributed by atoms with Crippen molar-refractivity contribution in [2.75, 3.05) is 24.5 Å². The van der Waals surface area contributed by atoms with Crippen molar-refractivity contribution in [3.63, 3.8) is 0 Å². The minimum atomic E-state index is -0.0942. The number of thiazole rings is 1. The van der Waals surface area contributed by atoms with Gasteiger partial charge in [0.25, 0.3) is 0 Å². The summed E-state index contributed by atoms with van der Waals surface area (Å²) in [6.07, 6.45) is 7.76. The number of fused-ring (bicyclic) bond motifs is 1. The van der Waals surface area contributed by atoms with Gasteiger partial charge in [-0.2, -0.15) is 0 Å². The number of piperidine rings is 1. The van der Waals surface area contributed by atoms with Gasteiger partial charge in [-0.1, -0.05) is 12.8 Å². The third kappa shape index (κ3) is 3.01. The topological polar surface area (TPSA) is 65.5 Å². The third-order valence-electron chi connectivity index (χ3n) is 5.52. The Balaban J connectivity index is 1.42. The molecular weight excluding hydrogens is 324 g/mol. The summed E-state index contributed by atoms with van der Waals surface area (Å²) < 4.78 is 0. The molecule has 0 bridgehead atoms. The molecule has 0 spiro atoms. The summed E-state index contributed by atoms with van der Waals surface area (Å²) >= 11 is 1.45. The predicted molar refractivity (Wildman–Crippen MR) is 93.3 cm³/mol. The zero-order valence-corrected chi connectivity index (χ0v) is 14.7. The lowest BCUT2D eigenvalue weighted by Crippen LogP contribution is -2.50. The van der Waals surface area contributed by atoms with E-state index in [9.17, 15) is 9.59 Å². The summed E-state index contributed by atoms with van der Waals surface area (Å²) in [4.78, 5) is 32.8. The minimum Gasteiger partial charge on any atom is -0.339 e. The van der Waals surface area contributed by atoms with Crippen molar-refractivity contribution in [1.82, 2.24) is 15.2 Å². The van der Waals surface area contributed by atoms with Crippen LogP contribution in [0.2, 0.25) is 0 Å². The van der Waals surface area contributed by atoms with Crippen LogP contribution in [0.1, 0.15) is 44.2 Å². The first-order chi connectivity index (χ1) is 11.7. The monoisotopic (exact) mass is 348 g/mol. The minimum absolute atomic E-state index is 0.0942. The molecule has 7 heteroatoms. The van der Waals surface area contributed by atoms with Crippen molar-refractivity contribution in [1.29, 1.82) is 0 Å². The van der Waals surface area contributed by atoms with Gasteiger partial charge in [-0.15, -0.1) is 11.3 Å². The van der Waals surface area contributed by atoms with E-state index in [-0.39, 0.29) is 11.9 Å². The molecule has 3 fully saturated rings. The zero-order valence-electron chi connectivity index (χ0n) is 13.9. The van der Waals surface area contributed by atoms with Crippen molar-refractivity contribution in [2.45, 2.75) is 51.0 Å². The molecule has 4 rings (SSSR count). The number of hydrogen-bond acceptors (Lipinski definition) is 4. The first-order valence-corrected chi connectivity index (χ1v) is 9.89. The van der Waals surface area contributed by atoms with Gasteiger partial charge < -0.3 is 10.2 Å². The number of hydrogen-bond donors (Lipinski definition) is 1. The summed E-state index contributed by atoms with van der Waals surface area (Å²) in [7, 11) is 0. The lowest BCUT2D eigenvalue weighted by Gasteiger charge is -2.44. The van der Waals surface area contributed by atoms with Crippen molar-refractivity contribution >= 4 is 28.4 Å². The smallest absolute Gasteiger partial charge is 0.323 e. The van der Waals surface area contributed by atoms with Crippen LogP contribution < -0.4 is 10.2 Å². The number of anilines is 1. The van der Waals surface area contributed by atoms with Gasteiger partial charge in [0.05, 0.1) is 12.1 Å². The maximum absolute atomic E-state index is 12.8. The number of rotatable bonds is 3. The van der Waals surface area contributed by atoms with Gasteiger partial charge >= 0.3 is 6.03 Å². The second kappa shape index (κ2) is 6.70. The van der Waals surface area contributed by atoms with E-state index in [1.54, 1.807) is 4.90 Å². The highest BCUT2D eigenvalue weighted by Crippen LogP contribution is 2.35. The Labute approximate surface area is 146 Å². The number of carbonyl (C=O) groups excluding carboxylic acids is 2. The van der Waals surface area contributed by atoms with E-state index >= 15 is 0 Å². The number of nitrogens with one attached hydrogen (secondary N) is 1. The highest BCUT2D eigenvalue weighted by atomic mass is 32.1. The normalized spacial score (nSPS) is 27.1. The summed E-state index contributed by atoms with van der Waals surface area (Å²) in [6, 6.07) is 0.353. The second-order valence-corrected chi connectivity index (χ2v) is 7.86. The number of aromatic nitrogens is 1. The molecule has 0 aromatic carbocycles. The summed E-state index contributed by atoms with van der Waals surface area (Å²) in [5.41, 5.74) is 0.789. The Morgan fingerprint density at radius 2 is 2.08 bits per heavy atom. The Morgan fingerprint density at radius 1 is 1.25 bits per heavy atom. The average Bonchev–Trinajstić information content (AvgIpc) is 3.23. The van der Waals surface area contributed by atoms with E-state index in [2.05, 4.69) is 15.2 Å². The Bertz CT molecular complexity index is 630. The van der Waals surface area contributed by atoms with Crippen molar-refractivity contribution in [3.8, 4) is 0 Å². The van der Waals surface area contributed by atoms with E-state index in [1.165, 1.54) is 37.0 Å². The quantitative estimate of drug-likeness (QED) is 0.912. The van der Waals surface area contributed by atoms with Crippen molar-refractivity contribution < 1.29 is 9.59 Å². The SMILES string of the molecule is O=C1NCCN1c1nc(CC(=O)N2CCC[C@H]3CCCC[C@H]32)cs1. The fraction of sp³-hybridized carbons (Fsp3) is 0.706. The largest absolute Gasteiger partial charge is 0.339 e. The molecular formula is C17H24N4O2S. The molecule has 2 atom stereocenters. The van der Waals surface area contributed by atoms with Crippen LogP contribution in [0.5, 0.6) is 0 Å². The maximum Gasteiger partial charge on any atom is 0.323 e. The van der Waals surface area contributed by atoms with E-state index < -0.39 is 0 Å². The van der Waals surface area contributed by atoms with Crippen LogP contribution >= 0.6 is 11.3 Å².